The highest BCUT2D eigenvalue weighted by Crippen LogP contribution is 2.30. The molecule has 2 aromatic carbocycles. The number of ether oxygens (including phenoxy) is 1. The zero-order valence-electron chi connectivity index (χ0n) is 16.1. The van der Waals surface area contributed by atoms with E-state index in [0.717, 1.165) is 5.56 Å². The second kappa shape index (κ2) is 11.4. The van der Waals surface area contributed by atoms with Crippen LogP contribution in [0.25, 0.3) is 0 Å². The van der Waals surface area contributed by atoms with E-state index in [1.807, 2.05) is 34.3 Å². The van der Waals surface area contributed by atoms with E-state index < -0.39 is 11.6 Å². The summed E-state index contributed by atoms with van der Waals surface area (Å²) in [5, 5.41) is 0.633. The number of carbonyl (C=O) groups is 1. The fraction of sp³-hybridized carbons (Fsp3) is 0.227. The molecular formula is C22H22Cl3FN2O2. The van der Waals surface area contributed by atoms with Crippen molar-refractivity contribution < 1.29 is 13.9 Å². The third-order valence-corrected chi connectivity index (χ3v) is 5.22. The Balaban J connectivity index is 0.00000320. The number of benzene rings is 2. The smallest absolute Gasteiger partial charge is 0.182 e. The molecule has 3 rings (SSSR count). The monoisotopic (exact) mass is 470 g/mol. The van der Waals surface area contributed by atoms with Crippen LogP contribution in [0.3, 0.4) is 0 Å². The van der Waals surface area contributed by atoms with Crippen molar-refractivity contribution in [1.82, 2.24) is 9.80 Å². The lowest BCUT2D eigenvalue weighted by molar-refractivity contribution is 0.0341. The predicted octanol–water partition coefficient (Wildman–Crippen LogP) is 5.64. The molecule has 0 radical (unpaired) electrons. The van der Waals surface area contributed by atoms with Gasteiger partial charge >= 0.3 is 0 Å². The summed E-state index contributed by atoms with van der Waals surface area (Å²) in [7, 11) is 0. The third kappa shape index (κ3) is 6.22. The van der Waals surface area contributed by atoms with Crippen molar-refractivity contribution >= 4 is 41.4 Å². The topological polar surface area (TPSA) is 32.8 Å². The number of hydrogen-bond donors (Lipinski definition) is 0. The van der Waals surface area contributed by atoms with Gasteiger partial charge < -0.3 is 14.5 Å². The van der Waals surface area contributed by atoms with E-state index in [4.69, 9.17) is 27.9 Å². The molecular weight excluding hydrogens is 450 g/mol. The van der Waals surface area contributed by atoms with Crippen LogP contribution in [0.2, 0.25) is 5.02 Å². The average Bonchev–Trinajstić information content (AvgIpc) is 3.18. The summed E-state index contributed by atoms with van der Waals surface area (Å²) < 4.78 is 18.9. The fourth-order valence-corrected chi connectivity index (χ4v) is 3.46. The summed E-state index contributed by atoms with van der Waals surface area (Å²) in [6.45, 7) is 4.64. The van der Waals surface area contributed by atoms with Crippen LogP contribution in [0, 0.1) is 5.82 Å². The second-order valence-corrected chi connectivity index (χ2v) is 7.48. The summed E-state index contributed by atoms with van der Waals surface area (Å²) in [6.07, 6.45) is 4.89. The molecule has 0 fully saturated rings. The minimum atomic E-state index is -0.502. The van der Waals surface area contributed by atoms with E-state index >= 15 is 0 Å². The summed E-state index contributed by atoms with van der Waals surface area (Å²) in [5.41, 5.74) is 0.859. The van der Waals surface area contributed by atoms with Crippen molar-refractivity contribution in [3.8, 4) is 0 Å². The molecule has 160 valence electrons. The molecule has 8 heteroatoms. The van der Waals surface area contributed by atoms with Crippen molar-refractivity contribution in [3.05, 3.63) is 95.6 Å². The maximum Gasteiger partial charge on any atom is 0.182 e. The Kier molecular flexibility index (Phi) is 9.18. The number of rotatable bonds is 9. The highest BCUT2D eigenvalue weighted by atomic mass is 35.5. The van der Waals surface area contributed by atoms with E-state index in [-0.39, 0.29) is 30.6 Å². The Morgan fingerprint density at radius 2 is 1.83 bits per heavy atom. The van der Waals surface area contributed by atoms with Gasteiger partial charge in [-0.3, -0.25) is 4.79 Å². The summed E-state index contributed by atoms with van der Waals surface area (Å²) in [6, 6.07) is 12.9. The molecule has 1 aliphatic heterocycles. The normalized spacial score (nSPS) is 14.9. The van der Waals surface area contributed by atoms with Crippen LogP contribution in [0.1, 0.15) is 22.0 Å². The number of alkyl halides is 1. The van der Waals surface area contributed by atoms with Crippen LogP contribution >= 0.6 is 35.6 Å². The molecule has 0 saturated heterocycles. The number of nitrogens with zero attached hydrogens (tertiary/aromatic N) is 2. The lowest BCUT2D eigenvalue weighted by atomic mass is 10.1. The van der Waals surface area contributed by atoms with E-state index in [0.29, 0.717) is 23.9 Å². The highest BCUT2D eigenvalue weighted by Gasteiger charge is 2.29. The summed E-state index contributed by atoms with van der Waals surface area (Å²) >= 11 is 12.7. The van der Waals surface area contributed by atoms with E-state index in [2.05, 4.69) is 6.58 Å². The molecule has 2 atom stereocenters. The van der Waals surface area contributed by atoms with Crippen molar-refractivity contribution in [2.75, 3.05) is 19.8 Å². The Morgan fingerprint density at radius 1 is 1.17 bits per heavy atom. The number of carbonyl (C=O) groups excluding carboxylic acids is 1. The van der Waals surface area contributed by atoms with Gasteiger partial charge in [-0.05, 0) is 42.0 Å². The van der Waals surface area contributed by atoms with Gasteiger partial charge in [0.25, 0.3) is 0 Å². The number of ketones is 1. The first-order valence-electron chi connectivity index (χ1n) is 9.07. The molecule has 0 N–H and O–H groups in total. The van der Waals surface area contributed by atoms with E-state index in [1.165, 1.54) is 24.3 Å². The lowest BCUT2D eigenvalue weighted by Gasteiger charge is -2.31. The third-order valence-electron chi connectivity index (χ3n) is 4.49. The van der Waals surface area contributed by atoms with Gasteiger partial charge in [0.2, 0.25) is 0 Å². The van der Waals surface area contributed by atoms with Gasteiger partial charge in [-0.2, -0.15) is 0 Å². The first kappa shape index (κ1) is 24.2. The zero-order valence-corrected chi connectivity index (χ0v) is 18.4. The molecule has 2 aromatic rings. The molecule has 2 unspecified atom stereocenters. The largest absolute Gasteiger partial charge is 0.366 e. The minimum Gasteiger partial charge on any atom is -0.366 e. The molecule has 1 aliphatic rings. The SMILES string of the molecule is C=CCOC(c1ccc(Cl)cc1)C(Cl)N1C=CN(CC(=O)c2ccc(F)cc2)C1.Cl. The van der Waals surface area contributed by atoms with Gasteiger partial charge in [-0.25, -0.2) is 4.39 Å². The first-order chi connectivity index (χ1) is 14.0. The fourth-order valence-electron chi connectivity index (χ4n) is 2.99. The van der Waals surface area contributed by atoms with Crippen LogP contribution in [0.5, 0.6) is 0 Å². The maximum atomic E-state index is 13.0. The Morgan fingerprint density at radius 3 is 2.47 bits per heavy atom. The maximum absolute atomic E-state index is 13.0. The van der Waals surface area contributed by atoms with Crippen molar-refractivity contribution in [3.63, 3.8) is 0 Å². The van der Waals surface area contributed by atoms with Gasteiger partial charge in [0.1, 0.15) is 17.4 Å². The quantitative estimate of drug-likeness (QED) is 0.205. The first-order valence-corrected chi connectivity index (χ1v) is 9.88. The van der Waals surface area contributed by atoms with Gasteiger partial charge in [0, 0.05) is 23.0 Å². The summed E-state index contributed by atoms with van der Waals surface area (Å²) in [5.74, 6) is -0.466. The molecule has 0 amide bonds. The molecule has 0 saturated carbocycles. The Labute approximate surface area is 191 Å². The van der Waals surface area contributed by atoms with Crippen LogP contribution in [-0.2, 0) is 4.74 Å². The lowest BCUT2D eigenvalue weighted by Crippen LogP contribution is -2.37. The molecule has 0 spiro atoms. The molecule has 0 aromatic heterocycles. The standard InChI is InChI=1S/C22H21Cl2FN2O2.ClH/c1-2-13-29-21(17-3-7-18(23)8-4-17)22(24)27-12-11-26(15-27)14-20(28)16-5-9-19(25)10-6-16;/h2-12,21-22H,1,13-15H2;1H. The van der Waals surface area contributed by atoms with Crippen LogP contribution < -0.4 is 0 Å². The van der Waals surface area contributed by atoms with Crippen LogP contribution in [-0.4, -0.2) is 40.9 Å². The molecule has 0 aliphatic carbocycles. The zero-order chi connectivity index (χ0) is 20.8. The van der Waals surface area contributed by atoms with Gasteiger partial charge in [0.05, 0.1) is 19.8 Å². The van der Waals surface area contributed by atoms with Gasteiger partial charge in [0.15, 0.2) is 5.78 Å². The Hall–Kier alpha value is -2.05. The summed E-state index contributed by atoms with van der Waals surface area (Å²) in [4.78, 5) is 16.2. The van der Waals surface area contributed by atoms with Gasteiger partial charge in [-0.15, -0.1) is 19.0 Å². The molecule has 0 bridgehead atoms. The van der Waals surface area contributed by atoms with Crippen LogP contribution in [0.4, 0.5) is 4.39 Å². The number of Topliss-reactive ketones (excluding diaryl/α,β-unsaturated/α-hetero) is 1. The van der Waals surface area contributed by atoms with E-state index in [1.54, 1.807) is 18.2 Å². The molecule has 30 heavy (non-hydrogen) atoms. The second-order valence-electron chi connectivity index (χ2n) is 6.60. The van der Waals surface area contributed by atoms with Crippen molar-refractivity contribution in [1.29, 1.82) is 0 Å². The molecule has 1 heterocycles. The van der Waals surface area contributed by atoms with Gasteiger partial charge in [-0.1, -0.05) is 41.4 Å². The number of halogens is 4. The minimum absolute atomic E-state index is 0. The predicted molar refractivity (Wildman–Crippen MR) is 121 cm³/mol. The highest BCUT2D eigenvalue weighted by molar-refractivity contribution is 6.30. The average molecular weight is 472 g/mol. The van der Waals surface area contributed by atoms with E-state index in [9.17, 15) is 9.18 Å². The number of hydrogen-bond acceptors (Lipinski definition) is 4. The van der Waals surface area contributed by atoms with Crippen LogP contribution in [0.15, 0.2) is 73.6 Å². The Bertz CT molecular complexity index is 875. The molecule has 4 nitrogen and oxygen atoms in total. The van der Waals surface area contributed by atoms with Crippen molar-refractivity contribution in [2.24, 2.45) is 0 Å². The van der Waals surface area contributed by atoms with Crippen molar-refractivity contribution in [2.45, 2.75) is 11.6 Å².